The van der Waals surface area contributed by atoms with Crippen molar-refractivity contribution in [3.8, 4) is 0 Å². The maximum absolute atomic E-state index is 12.8. The first kappa shape index (κ1) is 18.9. The van der Waals surface area contributed by atoms with Crippen LogP contribution in [0, 0.1) is 11.8 Å². The predicted octanol–water partition coefficient (Wildman–Crippen LogP) is 1.73. The van der Waals surface area contributed by atoms with Gasteiger partial charge in [0.25, 0.3) is 0 Å². The summed E-state index contributed by atoms with van der Waals surface area (Å²) in [6.45, 7) is 11.5. The van der Waals surface area contributed by atoms with Crippen molar-refractivity contribution in [2.45, 2.75) is 53.0 Å². The molecule has 0 spiro atoms. The summed E-state index contributed by atoms with van der Waals surface area (Å²) in [6.07, 6.45) is 2.34. The molecule has 0 unspecified atom stereocenters. The van der Waals surface area contributed by atoms with Crippen molar-refractivity contribution in [3.05, 3.63) is 0 Å². The molecule has 5 nitrogen and oxygen atoms in total. The fourth-order valence-electron chi connectivity index (χ4n) is 2.89. The zero-order valence-electron chi connectivity index (χ0n) is 14.9. The summed E-state index contributed by atoms with van der Waals surface area (Å²) in [5.41, 5.74) is 0. The number of nitrogens with one attached hydrogen (secondary N) is 1. The Kier molecular flexibility index (Phi) is 7.87. The lowest BCUT2D eigenvalue weighted by molar-refractivity contribution is -0.139. The first-order valence-corrected chi connectivity index (χ1v) is 8.66. The molecule has 1 fully saturated rings. The second kappa shape index (κ2) is 9.13. The van der Waals surface area contributed by atoms with E-state index in [4.69, 9.17) is 0 Å². The Hall–Kier alpha value is -1.10. The Labute approximate surface area is 135 Å². The maximum atomic E-state index is 12.8. The van der Waals surface area contributed by atoms with Gasteiger partial charge in [-0.05, 0) is 32.2 Å². The highest BCUT2D eigenvalue weighted by Gasteiger charge is 2.29. The van der Waals surface area contributed by atoms with Gasteiger partial charge in [0, 0.05) is 32.1 Å². The Morgan fingerprint density at radius 3 is 2.05 bits per heavy atom. The van der Waals surface area contributed by atoms with Gasteiger partial charge in [-0.25, -0.2) is 0 Å². The summed E-state index contributed by atoms with van der Waals surface area (Å²) < 4.78 is 0. The molecular weight excluding hydrogens is 278 g/mol. The third kappa shape index (κ3) is 5.59. The van der Waals surface area contributed by atoms with Gasteiger partial charge in [0.15, 0.2) is 0 Å². The van der Waals surface area contributed by atoms with Crippen LogP contribution in [0.1, 0.15) is 47.0 Å². The van der Waals surface area contributed by atoms with Crippen LogP contribution in [0.5, 0.6) is 0 Å². The average molecular weight is 311 g/mol. The molecule has 1 aliphatic heterocycles. The summed E-state index contributed by atoms with van der Waals surface area (Å²) >= 11 is 0. The molecule has 5 heteroatoms. The lowest BCUT2D eigenvalue weighted by atomic mass is 9.98. The lowest BCUT2D eigenvalue weighted by Crippen LogP contribution is -2.55. The number of likely N-dealkylation sites (N-methyl/N-ethyl adjacent to an activating group) is 1. The highest BCUT2D eigenvalue weighted by atomic mass is 16.2. The molecule has 1 atom stereocenters. The van der Waals surface area contributed by atoms with E-state index in [0.29, 0.717) is 12.3 Å². The number of hydrogen-bond acceptors (Lipinski definition) is 3. The fourth-order valence-corrected chi connectivity index (χ4v) is 2.89. The van der Waals surface area contributed by atoms with Crippen molar-refractivity contribution >= 4 is 11.8 Å². The van der Waals surface area contributed by atoms with E-state index in [9.17, 15) is 9.59 Å². The average Bonchev–Trinajstić information content (AvgIpc) is 2.47. The molecule has 22 heavy (non-hydrogen) atoms. The first-order valence-electron chi connectivity index (χ1n) is 8.66. The molecule has 0 aromatic carbocycles. The second-order valence-corrected chi connectivity index (χ2v) is 6.83. The van der Waals surface area contributed by atoms with Gasteiger partial charge in [0.05, 0.1) is 0 Å². The van der Waals surface area contributed by atoms with E-state index in [1.165, 1.54) is 0 Å². The summed E-state index contributed by atoms with van der Waals surface area (Å²) in [4.78, 5) is 29.2. The van der Waals surface area contributed by atoms with E-state index >= 15 is 0 Å². The van der Waals surface area contributed by atoms with Crippen molar-refractivity contribution in [1.82, 2.24) is 15.1 Å². The Morgan fingerprint density at radius 2 is 1.59 bits per heavy atom. The molecule has 1 aliphatic rings. The number of piperazine rings is 1. The molecular formula is C17H33N3O2. The van der Waals surface area contributed by atoms with E-state index < -0.39 is 0 Å². The third-order valence-corrected chi connectivity index (χ3v) is 4.49. The minimum atomic E-state index is -0.378. The van der Waals surface area contributed by atoms with E-state index in [0.717, 1.165) is 39.0 Å². The molecule has 1 saturated heterocycles. The van der Waals surface area contributed by atoms with Gasteiger partial charge in [-0.15, -0.1) is 0 Å². The SMILES string of the molecule is CCC(CC)C(=O)N[C@H](CC(C)C)C(=O)N1CCN(C)CC1. The molecule has 2 amide bonds. The number of rotatable bonds is 7. The van der Waals surface area contributed by atoms with Crippen LogP contribution in [0.15, 0.2) is 0 Å². The van der Waals surface area contributed by atoms with Crippen LogP contribution in [0.3, 0.4) is 0 Å². The van der Waals surface area contributed by atoms with E-state index in [1.807, 2.05) is 18.7 Å². The fraction of sp³-hybridized carbons (Fsp3) is 0.882. The summed E-state index contributed by atoms with van der Waals surface area (Å²) in [7, 11) is 2.07. The number of nitrogens with zero attached hydrogens (tertiary/aromatic N) is 2. The zero-order valence-corrected chi connectivity index (χ0v) is 14.9. The number of hydrogen-bond donors (Lipinski definition) is 1. The van der Waals surface area contributed by atoms with Crippen molar-refractivity contribution < 1.29 is 9.59 Å². The molecule has 1 N–H and O–H groups in total. The van der Waals surface area contributed by atoms with E-state index in [1.54, 1.807) is 0 Å². The topological polar surface area (TPSA) is 52.7 Å². The monoisotopic (exact) mass is 311 g/mol. The van der Waals surface area contributed by atoms with Gasteiger partial charge in [-0.3, -0.25) is 9.59 Å². The van der Waals surface area contributed by atoms with E-state index in [-0.39, 0.29) is 23.8 Å². The largest absolute Gasteiger partial charge is 0.344 e. The molecule has 0 radical (unpaired) electrons. The molecule has 128 valence electrons. The standard InChI is InChI=1S/C17H33N3O2/c1-6-14(7-2)16(21)18-15(12-13(3)4)17(22)20-10-8-19(5)9-11-20/h13-15H,6-12H2,1-5H3,(H,18,21)/t15-/m1/s1. The molecule has 0 bridgehead atoms. The van der Waals surface area contributed by atoms with E-state index in [2.05, 4.69) is 31.1 Å². The van der Waals surface area contributed by atoms with Crippen LogP contribution in [0.4, 0.5) is 0 Å². The Bertz CT molecular complexity index is 359. The number of amides is 2. The van der Waals surface area contributed by atoms with Crippen molar-refractivity contribution in [2.24, 2.45) is 11.8 Å². The van der Waals surface area contributed by atoms with Crippen LogP contribution in [0.2, 0.25) is 0 Å². The van der Waals surface area contributed by atoms with Gasteiger partial charge in [0.1, 0.15) is 6.04 Å². The normalized spacial score (nSPS) is 17.9. The van der Waals surface area contributed by atoms with Gasteiger partial charge < -0.3 is 15.1 Å². The third-order valence-electron chi connectivity index (χ3n) is 4.49. The van der Waals surface area contributed by atoms with Crippen LogP contribution in [-0.4, -0.2) is 60.9 Å². The number of carbonyl (C=O) groups is 2. The maximum Gasteiger partial charge on any atom is 0.245 e. The minimum Gasteiger partial charge on any atom is -0.344 e. The minimum absolute atomic E-state index is 0.00921. The molecule has 1 rings (SSSR count). The summed E-state index contributed by atoms with van der Waals surface area (Å²) in [6, 6.07) is -0.378. The molecule has 0 aromatic heterocycles. The molecule has 0 aromatic rings. The molecule has 1 heterocycles. The Balaban J connectivity index is 2.70. The van der Waals surface area contributed by atoms with Crippen LogP contribution in [0.25, 0.3) is 0 Å². The smallest absolute Gasteiger partial charge is 0.245 e. The Morgan fingerprint density at radius 1 is 1.05 bits per heavy atom. The summed E-state index contributed by atoms with van der Waals surface area (Å²) in [5.74, 6) is 0.498. The van der Waals surface area contributed by atoms with Crippen molar-refractivity contribution in [2.75, 3.05) is 33.2 Å². The number of carbonyl (C=O) groups excluding carboxylic acids is 2. The predicted molar refractivity (Wildman–Crippen MR) is 89.5 cm³/mol. The lowest BCUT2D eigenvalue weighted by Gasteiger charge is -2.35. The van der Waals surface area contributed by atoms with Gasteiger partial charge in [-0.2, -0.15) is 0 Å². The highest BCUT2D eigenvalue weighted by molar-refractivity contribution is 5.88. The van der Waals surface area contributed by atoms with Crippen molar-refractivity contribution in [1.29, 1.82) is 0 Å². The molecule has 0 saturated carbocycles. The van der Waals surface area contributed by atoms with Crippen molar-refractivity contribution in [3.63, 3.8) is 0 Å². The van der Waals surface area contributed by atoms with Gasteiger partial charge in [0.2, 0.25) is 11.8 Å². The van der Waals surface area contributed by atoms with Crippen LogP contribution >= 0.6 is 0 Å². The molecule has 0 aliphatic carbocycles. The van der Waals surface area contributed by atoms with Crippen LogP contribution in [-0.2, 0) is 9.59 Å². The summed E-state index contributed by atoms with van der Waals surface area (Å²) in [5, 5.41) is 3.01. The quantitative estimate of drug-likeness (QED) is 0.779. The van der Waals surface area contributed by atoms with Gasteiger partial charge in [-0.1, -0.05) is 27.7 Å². The zero-order chi connectivity index (χ0) is 16.7. The highest BCUT2D eigenvalue weighted by Crippen LogP contribution is 2.13. The van der Waals surface area contributed by atoms with Crippen LogP contribution < -0.4 is 5.32 Å². The van der Waals surface area contributed by atoms with Gasteiger partial charge >= 0.3 is 0 Å². The first-order chi connectivity index (χ1) is 10.4. The second-order valence-electron chi connectivity index (χ2n) is 6.83.